The molecule has 5 atom stereocenters. The van der Waals surface area contributed by atoms with Crippen LogP contribution in [0.15, 0.2) is 12.2 Å². The monoisotopic (exact) mass is 262 g/mol. The minimum atomic E-state index is -0.170. The molecule has 2 nitrogen and oxygen atoms in total. The highest BCUT2D eigenvalue weighted by molar-refractivity contribution is 5.66. The number of rotatable bonds is 1. The average Bonchev–Trinajstić information content (AvgIpc) is 2.67. The van der Waals surface area contributed by atoms with Crippen LogP contribution in [0.1, 0.15) is 59.8 Å². The van der Waals surface area contributed by atoms with Crippen LogP contribution in [-0.2, 0) is 9.53 Å². The lowest BCUT2D eigenvalue weighted by atomic mass is 9.59. The van der Waals surface area contributed by atoms with E-state index in [9.17, 15) is 4.79 Å². The van der Waals surface area contributed by atoms with Crippen molar-refractivity contribution in [2.45, 2.75) is 65.9 Å². The fourth-order valence-corrected chi connectivity index (χ4v) is 5.75. The molecule has 0 heterocycles. The van der Waals surface area contributed by atoms with Crippen LogP contribution in [-0.4, -0.2) is 12.1 Å². The summed E-state index contributed by atoms with van der Waals surface area (Å²) in [6.07, 6.45) is 6.10. The van der Waals surface area contributed by atoms with Crippen molar-refractivity contribution >= 4 is 5.97 Å². The molecule has 0 N–H and O–H groups in total. The predicted octanol–water partition coefficient (Wildman–Crippen LogP) is 4.10. The van der Waals surface area contributed by atoms with Crippen molar-refractivity contribution in [3.05, 3.63) is 12.2 Å². The number of fused-ring (bicyclic) bond motifs is 5. The summed E-state index contributed by atoms with van der Waals surface area (Å²) in [6, 6.07) is 0. The van der Waals surface area contributed by atoms with Gasteiger partial charge in [-0.25, -0.2) is 0 Å². The molecule has 0 aromatic rings. The molecule has 0 aromatic heterocycles. The second-order valence-electron chi connectivity index (χ2n) is 7.80. The number of carbonyl (C=O) groups is 1. The highest BCUT2D eigenvalue weighted by atomic mass is 16.5. The Morgan fingerprint density at radius 3 is 2.58 bits per heavy atom. The summed E-state index contributed by atoms with van der Waals surface area (Å²) in [6.45, 7) is 13.2. The van der Waals surface area contributed by atoms with Gasteiger partial charge < -0.3 is 4.74 Å². The first-order valence-electron chi connectivity index (χ1n) is 7.59. The Bertz CT molecular complexity index is 454. The molecule has 0 radical (unpaired) electrons. The van der Waals surface area contributed by atoms with E-state index in [4.69, 9.17) is 4.74 Å². The van der Waals surface area contributed by atoms with Gasteiger partial charge in [0, 0.05) is 6.92 Å². The van der Waals surface area contributed by atoms with Crippen LogP contribution in [0.3, 0.4) is 0 Å². The Morgan fingerprint density at radius 1 is 1.26 bits per heavy atom. The second-order valence-corrected chi connectivity index (χ2v) is 7.80. The van der Waals surface area contributed by atoms with Crippen LogP contribution in [0, 0.1) is 22.2 Å². The van der Waals surface area contributed by atoms with Gasteiger partial charge in [0.1, 0.15) is 6.10 Å². The van der Waals surface area contributed by atoms with E-state index in [2.05, 4.69) is 27.4 Å². The van der Waals surface area contributed by atoms with Gasteiger partial charge in [-0.05, 0) is 53.4 Å². The molecule has 0 amide bonds. The Labute approximate surface area is 116 Å². The minimum absolute atomic E-state index is 0.0551. The molecular weight excluding hydrogens is 236 g/mol. The summed E-state index contributed by atoms with van der Waals surface area (Å²) >= 11 is 0. The molecule has 0 spiro atoms. The van der Waals surface area contributed by atoms with Gasteiger partial charge in [-0.2, -0.15) is 0 Å². The Balaban J connectivity index is 2.02. The molecule has 2 unspecified atom stereocenters. The van der Waals surface area contributed by atoms with E-state index in [1.54, 1.807) is 0 Å². The van der Waals surface area contributed by atoms with Crippen LogP contribution in [0.25, 0.3) is 0 Å². The van der Waals surface area contributed by atoms with Crippen molar-refractivity contribution in [3.63, 3.8) is 0 Å². The van der Waals surface area contributed by atoms with Gasteiger partial charge in [0.05, 0.1) is 0 Å². The molecule has 2 bridgehead atoms. The van der Waals surface area contributed by atoms with Crippen LogP contribution in [0.2, 0.25) is 0 Å². The molecule has 3 saturated carbocycles. The predicted molar refractivity (Wildman–Crippen MR) is 75.6 cm³/mol. The molecule has 2 heteroatoms. The van der Waals surface area contributed by atoms with Crippen molar-refractivity contribution in [1.82, 2.24) is 0 Å². The molecule has 3 aliphatic carbocycles. The molecular formula is C17H26O2. The quantitative estimate of drug-likeness (QED) is 0.525. The highest BCUT2D eigenvalue weighted by Gasteiger charge is 2.70. The van der Waals surface area contributed by atoms with E-state index in [1.807, 2.05) is 0 Å². The largest absolute Gasteiger partial charge is 0.458 e. The molecule has 106 valence electrons. The minimum Gasteiger partial charge on any atom is -0.458 e. The zero-order chi connectivity index (χ0) is 14.1. The number of ether oxygens (including phenoxy) is 1. The third-order valence-corrected chi connectivity index (χ3v) is 7.19. The lowest BCUT2D eigenvalue weighted by molar-refractivity contribution is -0.147. The van der Waals surface area contributed by atoms with Gasteiger partial charge >= 0.3 is 5.97 Å². The molecule has 19 heavy (non-hydrogen) atoms. The van der Waals surface area contributed by atoms with Gasteiger partial charge in [-0.15, -0.1) is 0 Å². The van der Waals surface area contributed by atoms with E-state index < -0.39 is 0 Å². The van der Waals surface area contributed by atoms with Gasteiger partial charge in [0.15, 0.2) is 0 Å². The normalized spacial score (nSPS) is 52.1. The van der Waals surface area contributed by atoms with Crippen molar-refractivity contribution in [2.75, 3.05) is 0 Å². The van der Waals surface area contributed by atoms with Crippen LogP contribution in [0.4, 0.5) is 0 Å². The summed E-state index contributed by atoms with van der Waals surface area (Å²) in [5.74, 6) is 0.361. The van der Waals surface area contributed by atoms with Gasteiger partial charge in [-0.1, -0.05) is 33.8 Å². The smallest absolute Gasteiger partial charge is 0.303 e. The van der Waals surface area contributed by atoms with Crippen molar-refractivity contribution in [2.24, 2.45) is 22.2 Å². The lowest BCUT2D eigenvalue weighted by Gasteiger charge is -2.46. The third-order valence-electron chi connectivity index (χ3n) is 7.19. The maximum absolute atomic E-state index is 11.3. The number of carbonyl (C=O) groups excluding carboxylic acids is 1. The fourth-order valence-electron chi connectivity index (χ4n) is 5.75. The standard InChI is InChI=1S/C17H26O2/c1-11-13-9-15(3,10-14(11)19-12(2)18)17(5)8-6-7-16(13,17)4/h13-14H,1,6-10H2,2-5H3/t13-,14?,15?,16-,17+/m0/s1. The number of hydrogen-bond donors (Lipinski definition) is 0. The molecule has 3 fully saturated rings. The van der Waals surface area contributed by atoms with Gasteiger partial charge in [0.2, 0.25) is 0 Å². The topological polar surface area (TPSA) is 26.3 Å². The van der Waals surface area contributed by atoms with E-state index in [0.29, 0.717) is 22.2 Å². The lowest BCUT2D eigenvalue weighted by Crippen LogP contribution is -2.40. The number of esters is 1. The SMILES string of the molecule is C=C1C(OC(C)=O)CC2(C)C[C@@H]1[C@]1(C)CCC[C@]21C. The summed E-state index contributed by atoms with van der Waals surface area (Å²) in [5, 5.41) is 0. The average molecular weight is 262 g/mol. The fraction of sp³-hybridized carbons (Fsp3) is 0.824. The highest BCUT2D eigenvalue weighted by Crippen LogP contribution is 2.77. The van der Waals surface area contributed by atoms with E-state index in [-0.39, 0.29) is 12.1 Å². The van der Waals surface area contributed by atoms with Crippen LogP contribution < -0.4 is 0 Å². The van der Waals surface area contributed by atoms with Crippen LogP contribution >= 0.6 is 0 Å². The summed E-state index contributed by atoms with van der Waals surface area (Å²) < 4.78 is 5.57. The van der Waals surface area contributed by atoms with Gasteiger partial charge in [0.25, 0.3) is 0 Å². The molecule has 3 aliphatic rings. The first kappa shape index (κ1) is 13.2. The van der Waals surface area contributed by atoms with Crippen molar-refractivity contribution < 1.29 is 9.53 Å². The van der Waals surface area contributed by atoms with E-state index in [1.165, 1.54) is 38.2 Å². The summed E-state index contributed by atoms with van der Waals surface area (Å²) in [4.78, 5) is 11.3. The zero-order valence-electron chi connectivity index (χ0n) is 12.7. The Hall–Kier alpha value is -0.790. The molecule has 0 saturated heterocycles. The summed E-state index contributed by atoms with van der Waals surface area (Å²) in [5.41, 5.74) is 2.21. The number of hydrogen-bond acceptors (Lipinski definition) is 2. The first-order chi connectivity index (χ1) is 8.73. The second kappa shape index (κ2) is 3.65. The molecule has 0 aromatic carbocycles. The first-order valence-corrected chi connectivity index (χ1v) is 7.59. The zero-order valence-corrected chi connectivity index (χ0v) is 12.7. The maximum Gasteiger partial charge on any atom is 0.303 e. The Kier molecular flexibility index (Phi) is 2.54. The third kappa shape index (κ3) is 1.41. The Morgan fingerprint density at radius 2 is 1.95 bits per heavy atom. The molecule has 0 aliphatic heterocycles. The van der Waals surface area contributed by atoms with Crippen LogP contribution in [0.5, 0.6) is 0 Å². The van der Waals surface area contributed by atoms with Crippen molar-refractivity contribution in [3.8, 4) is 0 Å². The maximum atomic E-state index is 11.3. The van der Waals surface area contributed by atoms with E-state index >= 15 is 0 Å². The van der Waals surface area contributed by atoms with E-state index in [0.717, 1.165) is 6.42 Å². The molecule has 3 rings (SSSR count). The van der Waals surface area contributed by atoms with Crippen molar-refractivity contribution in [1.29, 1.82) is 0 Å². The van der Waals surface area contributed by atoms with Gasteiger partial charge in [-0.3, -0.25) is 4.79 Å². The summed E-state index contributed by atoms with van der Waals surface area (Å²) in [7, 11) is 0.